The van der Waals surface area contributed by atoms with E-state index in [1.165, 1.54) is 0 Å². The molecule has 7 heteroatoms. The standard InChI is InChI=1S/C20H20N6O/c27-20(10-7-17-5-2-1-3-6-17)25-15-13-24(14-16-25)18-8-9-19(23-22-18)26-12-4-11-21-26/h1-12H,13-16H2. The normalized spacial score (nSPS) is 14.7. The number of anilines is 1. The quantitative estimate of drug-likeness (QED) is 0.666. The van der Waals surface area contributed by atoms with Crippen molar-refractivity contribution in [3.8, 4) is 5.82 Å². The average Bonchev–Trinajstić information content (AvgIpc) is 3.28. The summed E-state index contributed by atoms with van der Waals surface area (Å²) < 4.78 is 1.67. The number of nitrogens with zero attached hydrogens (tertiary/aromatic N) is 6. The third kappa shape index (κ3) is 4.03. The summed E-state index contributed by atoms with van der Waals surface area (Å²) in [6, 6.07) is 15.5. The molecule has 27 heavy (non-hydrogen) atoms. The van der Waals surface area contributed by atoms with Gasteiger partial charge in [0.25, 0.3) is 0 Å². The molecule has 0 aliphatic carbocycles. The molecule has 3 aromatic rings. The fraction of sp³-hybridized carbons (Fsp3) is 0.200. The van der Waals surface area contributed by atoms with Gasteiger partial charge in [-0.05, 0) is 29.8 Å². The van der Waals surface area contributed by atoms with Crippen molar-refractivity contribution < 1.29 is 4.79 Å². The Balaban J connectivity index is 1.33. The van der Waals surface area contributed by atoms with Crippen LogP contribution in [0.4, 0.5) is 5.82 Å². The lowest BCUT2D eigenvalue weighted by Crippen LogP contribution is -2.48. The van der Waals surface area contributed by atoms with Gasteiger partial charge in [0.05, 0.1) is 0 Å². The first-order valence-electron chi connectivity index (χ1n) is 8.90. The topological polar surface area (TPSA) is 67.2 Å². The number of piperazine rings is 1. The number of carbonyl (C=O) groups is 1. The van der Waals surface area contributed by atoms with Crippen molar-refractivity contribution in [2.75, 3.05) is 31.1 Å². The van der Waals surface area contributed by atoms with Crippen LogP contribution in [0.3, 0.4) is 0 Å². The number of rotatable bonds is 4. The number of aromatic nitrogens is 4. The fourth-order valence-electron chi connectivity index (χ4n) is 3.01. The van der Waals surface area contributed by atoms with Crippen LogP contribution in [0.2, 0.25) is 0 Å². The molecular weight excluding hydrogens is 340 g/mol. The highest BCUT2D eigenvalue weighted by Gasteiger charge is 2.20. The fourth-order valence-corrected chi connectivity index (χ4v) is 3.01. The summed E-state index contributed by atoms with van der Waals surface area (Å²) in [6.07, 6.45) is 7.03. The summed E-state index contributed by atoms with van der Waals surface area (Å²) in [5.74, 6) is 1.54. The van der Waals surface area contributed by atoms with E-state index in [9.17, 15) is 4.79 Å². The summed E-state index contributed by atoms with van der Waals surface area (Å²) in [5, 5.41) is 12.7. The minimum Gasteiger partial charge on any atom is -0.352 e. The second kappa shape index (κ2) is 7.82. The summed E-state index contributed by atoms with van der Waals surface area (Å²) >= 11 is 0. The molecule has 0 radical (unpaired) electrons. The summed E-state index contributed by atoms with van der Waals surface area (Å²) in [5.41, 5.74) is 1.03. The third-order valence-corrected chi connectivity index (χ3v) is 4.51. The van der Waals surface area contributed by atoms with Gasteiger partial charge < -0.3 is 9.80 Å². The molecule has 1 aromatic carbocycles. The van der Waals surface area contributed by atoms with Gasteiger partial charge in [0.15, 0.2) is 11.6 Å². The van der Waals surface area contributed by atoms with Gasteiger partial charge in [-0.25, -0.2) is 4.68 Å². The predicted octanol–water partition coefficient (Wildman–Crippen LogP) is 2.02. The Morgan fingerprint density at radius 2 is 1.63 bits per heavy atom. The van der Waals surface area contributed by atoms with Gasteiger partial charge in [-0.1, -0.05) is 30.3 Å². The Bertz CT molecular complexity index is 897. The molecular formula is C20H20N6O. The summed E-state index contributed by atoms with van der Waals surface area (Å²) in [4.78, 5) is 16.4. The Kier molecular flexibility index (Phi) is 4.91. The Hall–Kier alpha value is -3.48. The maximum atomic E-state index is 12.4. The second-order valence-electron chi connectivity index (χ2n) is 6.26. The number of carbonyl (C=O) groups excluding carboxylic acids is 1. The monoisotopic (exact) mass is 360 g/mol. The molecule has 4 rings (SSSR count). The van der Waals surface area contributed by atoms with E-state index < -0.39 is 0 Å². The van der Waals surface area contributed by atoms with Crippen LogP contribution in [0.15, 0.2) is 67.0 Å². The predicted molar refractivity (Wildman–Crippen MR) is 103 cm³/mol. The van der Waals surface area contributed by atoms with Crippen LogP contribution in [0, 0.1) is 0 Å². The Morgan fingerprint density at radius 3 is 2.30 bits per heavy atom. The van der Waals surface area contributed by atoms with Crippen LogP contribution in [0.1, 0.15) is 5.56 Å². The van der Waals surface area contributed by atoms with E-state index in [1.54, 1.807) is 17.0 Å². The molecule has 1 aliphatic heterocycles. The number of hydrogen-bond acceptors (Lipinski definition) is 5. The molecule has 136 valence electrons. The average molecular weight is 360 g/mol. The summed E-state index contributed by atoms with van der Waals surface area (Å²) in [6.45, 7) is 2.81. The first-order valence-corrected chi connectivity index (χ1v) is 8.90. The summed E-state index contributed by atoms with van der Waals surface area (Å²) in [7, 11) is 0. The lowest BCUT2D eigenvalue weighted by molar-refractivity contribution is -0.126. The molecule has 0 atom stereocenters. The van der Waals surface area contributed by atoms with E-state index in [2.05, 4.69) is 20.2 Å². The lowest BCUT2D eigenvalue weighted by Gasteiger charge is -2.34. The number of amides is 1. The van der Waals surface area contributed by atoms with E-state index in [-0.39, 0.29) is 5.91 Å². The molecule has 7 nitrogen and oxygen atoms in total. The van der Waals surface area contributed by atoms with Gasteiger partial charge >= 0.3 is 0 Å². The van der Waals surface area contributed by atoms with E-state index in [4.69, 9.17) is 0 Å². The van der Waals surface area contributed by atoms with E-state index in [1.807, 2.05) is 65.7 Å². The number of benzene rings is 1. The third-order valence-electron chi connectivity index (χ3n) is 4.51. The smallest absolute Gasteiger partial charge is 0.246 e. The minimum absolute atomic E-state index is 0.0404. The van der Waals surface area contributed by atoms with Crippen LogP contribution in [0.5, 0.6) is 0 Å². The highest BCUT2D eigenvalue weighted by atomic mass is 16.2. The molecule has 0 unspecified atom stereocenters. The van der Waals surface area contributed by atoms with Gasteiger partial charge in [-0.2, -0.15) is 5.10 Å². The van der Waals surface area contributed by atoms with Crippen LogP contribution in [0.25, 0.3) is 11.9 Å². The molecule has 0 saturated carbocycles. The largest absolute Gasteiger partial charge is 0.352 e. The van der Waals surface area contributed by atoms with Crippen LogP contribution in [-0.2, 0) is 4.79 Å². The zero-order valence-electron chi connectivity index (χ0n) is 14.8. The van der Waals surface area contributed by atoms with Crippen molar-refractivity contribution >= 4 is 17.8 Å². The van der Waals surface area contributed by atoms with Gasteiger partial charge in [0, 0.05) is 44.6 Å². The zero-order valence-corrected chi connectivity index (χ0v) is 14.8. The zero-order chi connectivity index (χ0) is 18.5. The maximum absolute atomic E-state index is 12.4. The molecule has 1 saturated heterocycles. The second-order valence-corrected chi connectivity index (χ2v) is 6.26. The van der Waals surface area contributed by atoms with Gasteiger partial charge in [0.2, 0.25) is 5.91 Å². The number of hydrogen-bond donors (Lipinski definition) is 0. The van der Waals surface area contributed by atoms with Gasteiger partial charge in [0.1, 0.15) is 0 Å². The Morgan fingerprint density at radius 1 is 0.889 bits per heavy atom. The maximum Gasteiger partial charge on any atom is 0.246 e. The van der Waals surface area contributed by atoms with Crippen molar-refractivity contribution in [3.63, 3.8) is 0 Å². The van der Waals surface area contributed by atoms with E-state index in [0.29, 0.717) is 18.9 Å². The molecule has 0 spiro atoms. The highest BCUT2D eigenvalue weighted by molar-refractivity contribution is 5.91. The van der Waals surface area contributed by atoms with Crippen molar-refractivity contribution in [2.24, 2.45) is 0 Å². The van der Waals surface area contributed by atoms with Crippen LogP contribution >= 0.6 is 0 Å². The van der Waals surface area contributed by atoms with Gasteiger partial charge in [-0.3, -0.25) is 4.79 Å². The van der Waals surface area contributed by atoms with Crippen LogP contribution < -0.4 is 4.90 Å². The molecule has 1 fully saturated rings. The Labute approximate surface area is 157 Å². The molecule has 0 bridgehead atoms. The highest BCUT2D eigenvalue weighted by Crippen LogP contribution is 2.14. The lowest BCUT2D eigenvalue weighted by atomic mass is 10.2. The molecule has 0 N–H and O–H groups in total. The van der Waals surface area contributed by atoms with Gasteiger partial charge in [-0.15, -0.1) is 10.2 Å². The van der Waals surface area contributed by atoms with Crippen molar-refractivity contribution in [1.82, 2.24) is 24.9 Å². The minimum atomic E-state index is 0.0404. The van der Waals surface area contributed by atoms with Crippen molar-refractivity contribution in [3.05, 3.63) is 72.6 Å². The van der Waals surface area contributed by atoms with Crippen molar-refractivity contribution in [1.29, 1.82) is 0 Å². The molecule has 2 aromatic heterocycles. The molecule has 3 heterocycles. The molecule has 1 amide bonds. The van der Waals surface area contributed by atoms with E-state index >= 15 is 0 Å². The van der Waals surface area contributed by atoms with E-state index in [0.717, 1.165) is 24.5 Å². The first-order chi connectivity index (χ1) is 13.3. The SMILES string of the molecule is O=C(C=Cc1ccccc1)N1CCN(c2ccc(-n3cccn3)nn2)CC1. The first kappa shape index (κ1) is 17.0. The van der Waals surface area contributed by atoms with Crippen LogP contribution in [-0.4, -0.2) is 57.0 Å². The molecule has 1 aliphatic rings. The van der Waals surface area contributed by atoms with Crippen molar-refractivity contribution in [2.45, 2.75) is 0 Å².